The van der Waals surface area contributed by atoms with Gasteiger partial charge in [-0.2, -0.15) is 0 Å². The van der Waals surface area contributed by atoms with Crippen LogP contribution in [0.25, 0.3) is 0 Å². The highest BCUT2D eigenvalue weighted by Crippen LogP contribution is 2.44. The van der Waals surface area contributed by atoms with E-state index in [4.69, 9.17) is 4.98 Å². The molecule has 0 amide bonds. The lowest BCUT2D eigenvalue weighted by Crippen LogP contribution is -2.37. The molecule has 0 aliphatic carbocycles. The standard InChI is InChI=1S/C44H38N2OS/c1-33-17-15-28-41(34(33)2)44(47,39-26-16-27-40(29-39)48-31-35-18-7-3-8-19-35)42-30-46(32-45-42)43(36-20-9-4-10-21-36,37-22-11-5-12-23-37)38-24-13-6-14-25-38/h3-30,32,47H,31H2,1-2H3. The maximum absolute atomic E-state index is 13.2. The first-order valence-corrected chi connectivity index (χ1v) is 17.3. The Morgan fingerprint density at radius 2 is 1.12 bits per heavy atom. The number of aryl methyl sites for hydroxylation is 1. The number of nitrogens with zero attached hydrogens (tertiary/aromatic N) is 2. The minimum absolute atomic E-state index is 0.563. The summed E-state index contributed by atoms with van der Waals surface area (Å²) in [5, 5.41) is 13.2. The normalized spacial score (nSPS) is 12.8. The highest BCUT2D eigenvalue weighted by atomic mass is 32.2. The summed E-state index contributed by atoms with van der Waals surface area (Å²) in [7, 11) is 0. The SMILES string of the molecule is Cc1cccc(C(O)(c2cccc(SCc3ccccc3)c2)c2cn(C(c3ccccc3)(c3ccccc3)c3ccccc3)cn2)c1C. The molecule has 7 rings (SSSR count). The number of aromatic nitrogens is 2. The van der Waals surface area contributed by atoms with Crippen molar-refractivity contribution in [2.45, 2.75) is 35.6 Å². The number of aliphatic hydroxyl groups is 1. The van der Waals surface area contributed by atoms with Gasteiger partial charge in [-0.05, 0) is 70.5 Å². The van der Waals surface area contributed by atoms with Crippen molar-refractivity contribution in [3.8, 4) is 0 Å². The van der Waals surface area contributed by atoms with Crippen molar-refractivity contribution < 1.29 is 5.11 Å². The lowest BCUT2D eigenvalue weighted by Gasteiger charge is -2.37. The second-order valence-corrected chi connectivity index (χ2v) is 13.3. The smallest absolute Gasteiger partial charge is 0.159 e. The third-order valence-corrected chi connectivity index (χ3v) is 10.5. The molecule has 6 aromatic carbocycles. The number of benzene rings is 6. The molecular weight excluding hydrogens is 605 g/mol. The van der Waals surface area contributed by atoms with Crippen LogP contribution in [0.5, 0.6) is 0 Å². The van der Waals surface area contributed by atoms with Gasteiger partial charge in [-0.25, -0.2) is 4.98 Å². The molecule has 1 heterocycles. The summed E-state index contributed by atoms with van der Waals surface area (Å²) >= 11 is 1.77. The molecule has 0 radical (unpaired) electrons. The molecule has 7 aromatic rings. The zero-order chi connectivity index (χ0) is 33.0. The summed E-state index contributed by atoms with van der Waals surface area (Å²) in [4.78, 5) is 6.17. The molecule has 3 nitrogen and oxygen atoms in total. The minimum Gasteiger partial charge on any atom is -0.374 e. The van der Waals surface area contributed by atoms with E-state index >= 15 is 0 Å². The van der Waals surface area contributed by atoms with Gasteiger partial charge < -0.3 is 9.67 Å². The minimum atomic E-state index is -1.51. The summed E-state index contributed by atoms with van der Waals surface area (Å²) in [6, 6.07) is 56.6. The molecule has 1 atom stereocenters. The van der Waals surface area contributed by atoms with Crippen LogP contribution in [0.15, 0.2) is 181 Å². The van der Waals surface area contributed by atoms with Gasteiger partial charge >= 0.3 is 0 Å². The van der Waals surface area contributed by atoms with Crippen LogP contribution < -0.4 is 0 Å². The Kier molecular flexibility index (Phi) is 8.86. The fourth-order valence-corrected chi connectivity index (χ4v) is 7.73. The molecule has 236 valence electrons. The van der Waals surface area contributed by atoms with E-state index in [-0.39, 0.29) is 0 Å². The fourth-order valence-electron chi connectivity index (χ4n) is 6.81. The molecule has 0 aliphatic rings. The van der Waals surface area contributed by atoms with Crippen molar-refractivity contribution >= 4 is 11.8 Å². The molecule has 4 heteroatoms. The Bertz CT molecular complexity index is 2010. The molecule has 0 saturated heterocycles. The van der Waals surface area contributed by atoms with Gasteiger partial charge in [0.25, 0.3) is 0 Å². The zero-order valence-corrected chi connectivity index (χ0v) is 28.0. The molecule has 0 saturated carbocycles. The third kappa shape index (κ3) is 5.68. The van der Waals surface area contributed by atoms with Crippen LogP contribution in [-0.4, -0.2) is 14.7 Å². The van der Waals surface area contributed by atoms with E-state index in [0.29, 0.717) is 5.69 Å². The van der Waals surface area contributed by atoms with E-state index < -0.39 is 11.1 Å². The van der Waals surface area contributed by atoms with Gasteiger partial charge in [0.05, 0.1) is 12.0 Å². The summed E-state index contributed by atoms with van der Waals surface area (Å²) in [6.07, 6.45) is 3.92. The van der Waals surface area contributed by atoms with Crippen molar-refractivity contribution in [2.75, 3.05) is 0 Å². The topological polar surface area (TPSA) is 38.0 Å². The number of hydrogen-bond acceptors (Lipinski definition) is 3. The van der Waals surface area contributed by atoms with Crippen LogP contribution in [0, 0.1) is 13.8 Å². The third-order valence-electron chi connectivity index (χ3n) is 9.41. The van der Waals surface area contributed by atoms with Crippen molar-refractivity contribution in [2.24, 2.45) is 0 Å². The van der Waals surface area contributed by atoms with Gasteiger partial charge in [-0.1, -0.05) is 152 Å². The van der Waals surface area contributed by atoms with E-state index in [0.717, 1.165) is 49.6 Å². The highest BCUT2D eigenvalue weighted by molar-refractivity contribution is 7.98. The summed E-state index contributed by atoms with van der Waals surface area (Å²) < 4.78 is 2.17. The molecule has 1 unspecified atom stereocenters. The van der Waals surface area contributed by atoms with Crippen LogP contribution in [0.1, 0.15) is 50.2 Å². The average Bonchev–Trinajstić information content (AvgIpc) is 3.65. The first kappa shape index (κ1) is 31.4. The Balaban J connectivity index is 1.43. The van der Waals surface area contributed by atoms with Gasteiger partial charge in [0.15, 0.2) is 5.60 Å². The van der Waals surface area contributed by atoms with E-state index in [2.05, 4.69) is 134 Å². The Morgan fingerprint density at radius 1 is 0.604 bits per heavy atom. The predicted molar refractivity (Wildman–Crippen MR) is 197 cm³/mol. The van der Waals surface area contributed by atoms with Crippen LogP contribution in [0.2, 0.25) is 0 Å². The molecular formula is C44H38N2OS. The van der Waals surface area contributed by atoms with Gasteiger partial charge in [-0.15, -0.1) is 11.8 Å². The van der Waals surface area contributed by atoms with E-state index in [9.17, 15) is 5.11 Å². The van der Waals surface area contributed by atoms with Crippen LogP contribution in [-0.2, 0) is 16.9 Å². The lowest BCUT2D eigenvalue weighted by molar-refractivity contribution is 0.120. The molecule has 1 aromatic heterocycles. The second kappa shape index (κ2) is 13.5. The molecule has 0 spiro atoms. The van der Waals surface area contributed by atoms with Crippen molar-refractivity contribution in [1.82, 2.24) is 9.55 Å². The molecule has 48 heavy (non-hydrogen) atoms. The van der Waals surface area contributed by atoms with Crippen LogP contribution in [0.3, 0.4) is 0 Å². The van der Waals surface area contributed by atoms with Crippen molar-refractivity contribution in [1.29, 1.82) is 0 Å². The Hall–Kier alpha value is -5.16. The fraction of sp³-hybridized carbons (Fsp3) is 0.114. The number of imidazole rings is 1. The Morgan fingerprint density at radius 3 is 1.71 bits per heavy atom. The molecule has 0 fully saturated rings. The summed E-state index contributed by atoms with van der Waals surface area (Å²) in [5.74, 6) is 0.842. The lowest BCUT2D eigenvalue weighted by atomic mass is 9.76. The number of thioether (sulfide) groups is 1. The van der Waals surface area contributed by atoms with Gasteiger partial charge in [0.1, 0.15) is 5.54 Å². The van der Waals surface area contributed by atoms with Crippen LogP contribution >= 0.6 is 11.8 Å². The quantitative estimate of drug-likeness (QED) is 0.119. The van der Waals surface area contributed by atoms with Crippen molar-refractivity contribution in [3.05, 3.63) is 227 Å². The largest absolute Gasteiger partial charge is 0.374 e. The van der Waals surface area contributed by atoms with E-state index in [1.54, 1.807) is 11.8 Å². The van der Waals surface area contributed by atoms with Crippen LogP contribution in [0.4, 0.5) is 0 Å². The van der Waals surface area contributed by atoms with Gasteiger partial charge in [-0.3, -0.25) is 0 Å². The summed E-state index contributed by atoms with van der Waals surface area (Å²) in [6.45, 7) is 4.18. The summed E-state index contributed by atoms with van der Waals surface area (Å²) in [5.41, 5.74) is 6.62. The van der Waals surface area contributed by atoms with Gasteiger partial charge in [0, 0.05) is 16.8 Å². The second-order valence-electron chi connectivity index (χ2n) is 12.2. The molecule has 0 bridgehead atoms. The maximum atomic E-state index is 13.2. The first-order valence-electron chi connectivity index (χ1n) is 16.3. The molecule has 0 aliphatic heterocycles. The van der Waals surface area contributed by atoms with Gasteiger partial charge in [0.2, 0.25) is 0 Å². The monoisotopic (exact) mass is 642 g/mol. The zero-order valence-electron chi connectivity index (χ0n) is 27.2. The average molecular weight is 643 g/mol. The first-order chi connectivity index (χ1) is 23.5. The molecule has 1 N–H and O–H groups in total. The van der Waals surface area contributed by atoms with E-state index in [1.165, 1.54) is 5.56 Å². The number of hydrogen-bond donors (Lipinski definition) is 1. The van der Waals surface area contributed by atoms with Crippen molar-refractivity contribution in [3.63, 3.8) is 0 Å². The number of rotatable bonds is 10. The van der Waals surface area contributed by atoms with E-state index in [1.807, 2.05) is 61.1 Å². The predicted octanol–water partition coefficient (Wildman–Crippen LogP) is 9.92. The highest BCUT2D eigenvalue weighted by Gasteiger charge is 2.42. The Labute approximate surface area is 287 Å². The maximum Gasteiger partial charge on any atom is 0.159 e.